The zero-order valence-corrected chi connectivity index (χ0v) is 12.9. The molecule has 7 heteroatoms. The van der Waals surface area contributed by atoms with Gasteiger partial charge in [0.1, 0.15) is 17.2 Å². The Balaban J connectivity index is 2.00. The Kier molecular flexibility index (Phi) is 4.19. The summed E-state index contributed by atoms with van der Waals surface area (Å²) in [5.74, 6) is -1.92. The number of aliphatic hydroxyl groups is 1. The number of aryl methyl sites for hydroxylation is 1. The highest BCUT2D eigenvalue weighted by Crippen LogP contribution is 2.34. The predicted octanol–water partition coefficient (Wildman–Crippen LogP) is 1.91. The van der Waals surface area contributed by atoms with E-state index < -0.39 is 35.2 Å². The van der Waals surface area contributed by atoms with Gasteiger partial charge >= 0.3 is 0 Å². The number of pyridine rings is 1. The van der Waals surface area contributed by atoms with Gasteiger partial charge in [-0.05, 0) is 43.7 Å². The van der Waals surface area contributed by atoms with Gasteiger partial charge in [0.2, 0.25) is 0 Å². The maximum absolute atomic E-state index is 14.1. The van der Waals surface area contributed by atoms with Gasteiger partial charge in [-0.2, -0.15) is 0 Å². The minimum Gasteiger partial charge on any atom is -0.391 e. The van der Waals surface area contributed by atoms with Crippen LogP contribution in [-0.2, 0) is 0 Å². The van der Waals surface area contributed by atoms with E-state index in [-0.39, 0.29) is 24.1 Å². The van der Waals surface area contributed by atoms with Crippen molar-refractivity contribution >= 4 is 5.91 Å². The van der Waals surface area contributed by atoms with E-state index in [0.717, 1.165) is 18.2 Å². The van der Waals surface area contributed by atoms with E-state index in [1.165, 1.54) is 11.0 Å². The van der Waals surface area contributed by atoms with E-state index in [4.69, 9.17) is 0 Å². The molecular weight excluding hydrogens is 318 g/mol. The number of β-amino-alcohol motifs (C(OH)–C–C–N with tert-alkyl or cyclic N) is 1. The molecule has 1 saturated heterocycles. The first-order valence-electron chi connectivity index (χ1n) is 7.50. The highest BCUT2D eigenvalue weighted by Gasteiger charge is 2.37. The lowest BCUT2D eigenvalue weighted by atomic mass is 10.0. The van der Waals surface area contributed by atoms with Crippen molar-refractivity contribution in [3.05, 3.63) is 69.1 Å². The lowest BCUT2D eigenvalue weighted by Crippen LogP contribution is -2.35. The summed E-state index contributed by atoms with van der Waals surface area (Å²) in [4.78, 5) is 28.4. The molecule has 3 rings (SSSR count). The van der Waals surface area contributed by atoms with Gasteiger partial charge in [0.25, 0.3) is 11.5 Å². The number of H-pyrrole nitrogens is 1. The molecule has 2 N–H and O–H groups in total. The summed E-state index contributed by atoms with van der Waals surface area (Å²) in [6.07, 6.45) is -0.790. The van der Waals surface area contributed by atoms with Crippen LogP contribution in [0.2, 0.25) is 0 Å². The van der Waals surface area contributed by atoms with Gasteiger partial charge in [0, 0.05) is 17.8 Å². The molecule has 2 aromatic rings. The van der Waals surface area contributed by atoms with Crippen molar-refractivity contribution in [2.45, 2.75) is 25.5 Å². The Labute approximate surface area is 136 Å². The van der Waals surface area contributed by atoms with E-state index in [1.807, 2.05) is 0 Å². The smallest absolute Gasteiger partial charge is 0.260 e. The van der Waals surface area contributed by atoms with E-state index in [9.17, 15) is 23.5 Å². The third-order valence-corrected chi connectivity index (χ3v) is 4.14. The second-order valence-electron chi connectivity index (χ2n) is 5.91. The van der Waals surface area contributed by atoms with E-state index in [0.29, 0.717) is 5.69 Å². The van der Waals surface area contributed by atoms with Crippen molar-refractivity contribution in [3.63, 3.8) is 0 Å². The summed E-state index contributed by atoms with van der Waals surface area (Å²) in [7, 11) is 0. The third-order valence-electron chi connectivity index (χ3n) is 4.14. The number of carbonyl (C=O) groups is 1. The van der Waals surface area contributed by atoms with E-state index >= 15 is 0 Å². The predicted molar refractivity (Wildman–Crippen MR) is 82.6 cm³/mol. The summed E-state index contributed by atoms with van der Waals surface area (Å²) >= 11 is 0. The first-order valence-corrected chi connectivity index (χ1v) is 7.50. The molecular formula is C17H16F2N2O3. The second kappa shape index (κ2) is 6.16. The number of rotatable bonds is 2. The normalized spacial score (nSPS) is 20.4. The topological polar surface area (TPSA) is 73.4 Å². The van der Waals surface area contributed by atoms with Crippen molar-refractivity contribution in [1.82, 2.24) is 9.88 Å². The number of aliphatic hydroxyl groups excluding tert-OH is 1. The van der Waals surface area contributed by atoms with Crippen molar-refractivity contribution < 1.29 is 18.7 Å². The van der Waals surface area contributed by atoms with Crippen LogP contribution >= 0.6 is 0 Å². The summed E-state index contributed by atoms with van der Waals surface area (Å²) in [5.41, 5.74) is -0.0643. The first-order chi connectivity index (χ1) is 11.4. The summed E-state index contributed by atoms with van der Waals surface area (Å²) in [6, 6.07) is 5.12. The minimum absolute atomic E-state index is 0.0107. The summed E-state index contributed by atoms with van der Waals surface area (Å²) in [6.45, 7) is 1.63. The Hall–Kier alpha value is -2.54. The van der Waals surface area contributed by atoms with Crippen LogP contribution in [0.25, 0.3) is 0 Å². The van der Waals surface area contributed by atoms with Gasteiger partial charge in [-0.1, -0.05) is 0 Å². The third kappa shape index (κ3) is 2.94. The lowest BCUT2D eigenvalue weighted by molar-refractivity contribution is 0.0712. The number of hydrogen-bond acceptors (Lipinski definition) is 3. The number of aromatic nitrogens is 1. The summed E-state index contributed by atoms with van der Waals surface area (Å²) < 4.78 is 27.5. The van der Waals surface area contributed by atoms with Gasteiger partial charge in [0.05, 0.1) is 12.1 Å². The van der Waals surface area contributed by atoms with Crippen LogP contribution in [0.4, 0.5) is 8.78 Å². The molecule has 1 aromatic carbocycles. The SMILES string of the molecule is Cc1ccc(C(=O)N2C[C@@H](O)C[C@@H]2c2cc(F)ccc2F)c(=O)[nH]1. The zero-order chi connectivity index (χ0) is 17.4. The molecule has 0 spiro atoms. The van der Waals surface area contributed by atoms with Gasteiger partial charge in [-0.3, -0.25) is 9.59 Å². The fourth-order valence-corrected chi connectivity index (χ4v) is 3.00. The largest absolute Gasteiger partial charge is 0.391 e. The fourth-order valence-electron chi connectivity index (χ4n) is 3.00. The molecule has 5 nitrogen and oxygen atoms in total. The Bertz CT molecular complexity index is 850. The molecule has 24 heavy (non-hydrogen) atoms. The number of carbonyl (C=O) groups excluding carboxylic acids is 1. The molecule has 1 aliphatic rings. The molecule has 1 amide bonds. The van der Waals surface area contributed by atoms with Gasteiger partial charge in [-0.15, -0.1) is 0 Å². The number of amides is 1. The van der Waals surface area contributed by atoms with E-state index in [1.54, 1.807) is 13.0 Å². The van der Waals surface area contributed by atoms with Crippen molar-refractivity contribution in [2.75, 3.05) is 6.54 Å². The van der Waals surface area contributed by atoms with Gasteiger partial charge < -0.3 is 15.0 Å². The highest BCUT2D eigenvalue weighted by molar-refractivity contribution is 5.94. The number of aromatic amines is 1. The quantitative estimate of drug-likeness (QED) is 0.881. The molecule has 126 valence electrons. The average molecular weight is 334 g/mol. The molecule has 2 heterocycles. The number of hydrogen-bond donors (Lipinski definition) is 2. The molecule has 0 aliphatic carbocycles. The molecule has 2 atom stereocenters. The molecule has 0 unspecified atom stereocenters. The number of benzene rings is 1. The monoisotopic (exact) mass is 334 g/mol. The minimum atomic E-state index is -0.869. The summed E-state index contributed by atoms with van der Waals surface area (Å²) in [5, 5.41) is 9.90. The fraction of sp³-hybridized carbons (Fsp3) is 0.294. The van der Waals surface area contributed by atoms with E-state index in [2.05, 4.69) is 4.98 Å². The van der Waals surface area contributed by atoms with Crippen LogP contribution in [-0.4, -0.2) is 33.5 Å². The van der Waals surface area contributed by atoms with Crippen LogP contribution < -0.4 is 5.56 Å². The Morgan fingerprint density at radius 3 is 2.75 bits per heavy atom. The zero-order valence-electron chi connectivity index (χ0n) is 12.9. The number of nitrogens with one attached hydrogen (secondary N) is 1. The molecule has 1 aliphatic heterocycles. The maximum Gasteiger partial charge on any atom is 0.260 e. The number of nitrogens with zero attached hydrogens (tertiary/aromatic N) is 1. The van der Waals surface area contributed by atoms with Crippen LogP contribution in [0, 0.1) is 18.6 Å². The van der Waals surface area contributed by atoms with Crippen LogP contribution in [0.15, 0.2) is 35.1 Å². The lowest BCUT2D eigenvalue weighted by Gasteiger charge is -2.25. The second-order valence-corrected chi connectivity index (χ2v) is 5.91. The van der Waals surface area contributed by atoms with Crippen molar-refractivity contribution in [3.8, 4) is 0 Å². The van der Waals surface area contributed by atoms with Crippen molar-refractivity contribution in [1.29, 1.82) is 0 Å². The molecule has 0 bridgehead atoms. The Morgan fingerprint density at radius 2 is 2.04 bits per heavy atom. The van der Waals surface area contributed by atoms with Crippen LogP contribution in [0.1, 0.15) is 34.1 Å². The molecule has 0 saturated carbocycles. The van der Waals surface area contributed by atoms with Gasteiger partial charge in [0.15, 0.2) is 0 Å². The number of likely N-dealkylation sites (tertiary alicyclic amines) is 1. The maximum atomic E-state index is 14.1. The van der Waals surface area contributed by atoms with Crippen LogP contribution in [0.3, 0.4) is 0 Å². The van der Waals surface area contributed by atoms with Gasteiger partial charge in [-0.25, -0.2) is 8.78 Å². The standard InChI is InChI=1S/C17H16F2N2O3/c1-9-2-4-12(16(23)20-9)17(24)21-8-11(22)7-15(21)13-6-10(18)3-5-14(13)19/h2-6,11,15,22H,7-8H2,1H3,(H,20,23)/t11-,15+/m0/s1. The first kappa shape index (κ1) is 16.3. The molecule has 1 aromatic heterocycles. The number of halogens is 2. The van der Waals surface area contributed by atoms with Crippen LogP contribution in [0.5, 0.6) is 0 Å². The molecule has 1 fully saturated rings. The van der Waals surface area contributed by atoms with Crippen molar-refractivity contribution in [2.24, 2.45) is 0 Å². The highest BCUT2D eigenvalue weighted by atomic mass is 19.1. The Morgan fingerprint density at radius 1 is 1.29 bits per heavy atom. The average Bonchev–Trinajstić information content (AvgIpc) is 2.91. The molecule has 0 radical (unpaired) electrons.